The molecule has 0 aromatic heterocycles. The summed E-state index contributed by atoms with van der Waals surface area (Å²) in [4.78, 5) is 25.2. The van der Waals surface area contributed by atoms with E-state index in [0.29, 0.717) is 19.5 Å². The fourth-order valence-corrected chi connectivity index (χ4v) is 2.89. The van der Waals surface area contributed by atoms with E-state index in [2.05, 4.69) is 0 Å². The van der Waals surface area contributed by atoms with E-state index in [4.69, 9.17) is 10.5 Å². The van der Waals surface area contributed by atoms with Crippen molar-refractivity contribution < 1.29 is 24.5 Å². The molecule has 136 valence electrons. The molecule has 0 aliphatic carbocycles. The van der Waals surface area contributed by atoms with E-state index in [0.717, 1.165) is 5.56 Å². The van der Waals surface area contributed by atoms with Gasteiger partial charge in [0.05, 0.1) is 19.1 Å². The molecule has 2 aromatic carbocycles. The van der Waals surface area contributed by atoms with Gasteiger partial charge >= 0.3 is 5.97 Å². The van der Waals surface area contributed by atoms with Gasteiger partial charge in [0, 0.05) is 0 Å². The second-order valence-electron chi connectivity index (χ2n) is 6.23. The number of nitrogens with two attached hydrogens (primary N) is 1. The summed E-state index contributed by atoms with van der Waals surface area (Å²) >= 11 is 0. The van der Waals surface area contributed by atoms with E-state index in [1.807, 2.05) is 30.3 Å². The number of phenols is 1. The Morgan fingerprint density at radius 1 is 1.15 bits per heavy atom. The maximum absolute atomic E-state index is 12.4. The van der Waals surface area contributed by atoms with Crippen molar-refractivity contribution in [1.82, 2.24) is 4.90 Å². The molecule has 1 heterocycles. The largest absolute Gasteiger partial charge is 0.507 e. The monoisotopic (exact) mass is 356 g/mol. The zero-order chi connectivity index (χ0) is 18.7. The maximum Gasteiger partial charge on any atom is 0.343 e. The summed E-state index contributed by atoms with van der Waals surface area (Å²) in [6, 6.07) is 13.2. The van der Waals surface area contributed by atoms with Crippen LogP contribution in [0, 0.1) is 0 Å². The van der Waals surface area contributed by atoms with Crippen LogP contribution in [0.5, 0.6) is 11.5 Å². The molecule has 0 bridgehead atoms. The van der Waals surface area contributed by atoms with Gasteiger partial charge in [0.2, 0.25) is 5.91 Å². The molecular weight excluding hydrogens is 336 g/mol. The molecular formula is C19H20N2O5. The molecule has 1 fully saturated rings. The smallest absolute Gasteiger partial charge is 0.343 e. The molecule has 0 saturated carbocycles. The number of likely N-dealkylation sites (tertiary alicyclic amines) is 1. The number of carboxylic acid groups (broad SMARTS) is 1. The van der Waals surface area contributed by atoms with Gasteiger partial charge in [-0.05, 0) is 24.1 Å². The Morgan fingerprint density at radius 2 is 1.85 bits per heavy atom. The Hall–Kier alpha value is -3.06. The van der Waals surface area contributed by atoms with Crippen LogP contribution < -0.4 is 10.5 Å². The quantitative estimate of drug-likeness (QED) is 0.718. The summed E-state index contributed by atoms with van der Waals surface area (Å²) in [5.74, 6) is -1.70. The SMILES string of the molecule is N[C@H](Cc1ccccc1)C(=O)N1CC(Oc2cccc(O)c2C(=O)O)C1. The van der Waals surface area contributed by atoms with Gasteiger partial charge in [-0.1, -0.05) is 36.4 Å². The summed E-state index contributed by atoms with van der Waals surface area (Å²) in [5, 5.41) is 18.9. The first-order valence-electron chi connectivity index (χ1n) is 8.26. The first kappa shape index (κ1) is 17.8. The third-order valence-corrected chi connectivity index (χ3v) is 4.29. The highest BCUT2D eigenvalue weighted by molar-refractivity contribution is 5.94. The standard InChI is InChI=1S/C19H20N2O5/c20-14(9-12-5-2-1-3-6-12)18(23)21-10-13(11-21)26-16-8-4-7-15(22)17(16)19(24)25/h1-8,13-14,22H,9-11,20H2,(H,24,25)/t14-/m1/s1. The highest BCUT2D eigenvalue weighted by Crippen LogP contribution is 2.29. The number of amides is 1. The van der Waals surface area contributed by atoms with Crippen molar-refractivity contribution in [2.45, 2.75) is 18.6 Å². The maximum atomic E-state index is 12.4. The number of ether oxygens (including phenoxy) is 1. The highest BCUT2D eigenvalue weighted by Gasteiger charge is 2.35. The summed E-state index contributed by atoms with van der Waals surface area (Å²) in [5.41, 5.74) is 6.71. The minimum Gasteiger partial charge on any atom is -0.507 e. The molecule has 1 aliphatic heterocycles. The molecule has 1 amide bonds. The number of benzene rings is 2. The summed E-state index contributed by atoms with van der Waals surface area (Å²) in [6.45, 7) is 0.659. The molecule has 7 heteroatoms. The topological polar surface area (TPSA) is 113 Å². The molecule has 2 aromatic rings. The normalized spacial score (nSPS) is 15.2. The van der Waals surface area contributed by atoms with Gasteiger partial charge in [-0.15, -0.1) is 0 Å². The van der Waals surface area contributed by atoms with Crippen molar-refractivity contribution in [3.63, 3.8) is 0 Å². The second-order valence-corrected chi connectivity index (χ2v) is 6.23. The van der Waals surface area contributed by atoms with Crippen LogP contribution in [-0.2, 0) is 11.2 Å². The number of aromatic carboxylic acids is 1. The van der Waals surface area contributed by atoms with E-state index in [-0.39, 0.29) is 29.1 Å². The highest BCUT2D eigenvalue weighted by atomic mass is 16.5. The van der Waals surface area contributed by atoms with Crippen LogP contribution in [0.1, 0.15) is 15.9 Å². The molecule has 1 saturated heterocycles. The predicted octanol–water partition coefficient (Wildman–Crippen LogP) is 1.25. The average molecular weight is 356 g/mol. The summed E-state index contributed by atoms with van der Waals surface area (Å²) in [7, 11) is 0. The molecule has 1 atom stereocenters. The lowest BCUT2D eigenvalue weighted by atomic mass is 10.0. The third kappa shape index (κ3) is 3.78. The number of hydrogen-bond acceptors (Lipinski definition) is 5. The van der Waals surface area contributed by atoms with Gasteiger partial charge < -0.3 is 25.6 Å². The Kier molecular flexibility index (Phi) is 5.09. The molecule has 0 radical (unpaired) electrons. The van der Waals surface area contributed by atoms with Gasteiger partial charge in [-0.25, -0.2) is 4.79 Å². The van der Waals surface area contributed by atoms with Gasteiger partial charge in [0.1, 0.15) is 23.2 Å². The van der Waals surface area contributed by atoms with Crippen LogP contribution in [0.3, 0.4) is 0 Å². The van der Waals surface area contributed by atoms with Gasteiger partial charge in [0.25, 0.3) is 0 Å². The van der Waals surface area contributed by atoms with Crippen LogP contribution >= 0.6 is 0 Å². The average Bonchev–Trinajstić information content (AvgIpc) is 2.57. The Balaban J connectivity index is 1.55. The first-order chi connectivity index (χ1) is 12.5. The molecule has 3 rings (SSSR count). The van der Waals surface area contributed by atoms with Crippen molar-refractivity contribution in [3.05, 3.63) is 59.7 Å². The molecule has 4 N–H and O–H groups in total. The van der Waals surface area contributed by atoms with E-state index >= 15 is 0 Å². The lowest BCUT2D eigenvalue weighted by Gasteiger charge is -2.40. The number of carbonyl (C=O) groups excluding carboxylic acids is 1. The van der Waals surface area contributed by atoms with Crippen molar-refractivity contribution in [2.75, 3.05) is 13.1 Å². The zero-order valence-corrected chi connectivity index (χ0v) is 14.0. The van der Waals surface area contributed by atoms with Gasteiger partial charge in [-0.3, -0.25) is 4.79 Å². The van der Waals surface area contributed by atoms with E-state index in [1.165, 1.54) is 18.2 Å². The van der Waals surface area contributed by atoms with Crippen molar-refractivity contribution >= 4 is 11.9 Å². The first-order valence-corrected chi connectivity index (χ1v) is 8.26. The Bertz CT molecular complexity index is 803. The number of rotatable bonds is 6. The predicted molar refractivity (Wildman–Crippen MR) is 94.2 cm³/mol. The number of carbonyl (C=O) groups is 2. The minimum atomic E-state index is -1.27. The van der Waals surface area contributed by atoms with E-state index in [1.54, 1.807) is 4.90 Å². The molecule has 0 unspecified atom stereocenters. The summed E-state index contributed by atoms with van der Waals surface area (Å²) < 4.78 is 5.63. The van der Waals surface area contributed by atoms with Gasteiger partial charge in [-0.2, -0.15) is 0 Å². The lowest BCUT2D eigenvalue weighted by molar-refractivity contribution is -0.141. The van der Waals surface area contributed by atoms with Crippen molar-refractivity contribution in [2.24, 2.45) is 5.73 Å². The van der Waals surface area contributed by atoms with Crippen LogP contribution in [0.15, 0.2) is 48.5 Å². The van der Waals surface area contributed by atoms with E-state index in [9.17, 15) is 19.8 Å². The van der Waals surface area contributed by atoms with E-state index < -0.39 is 12.0 Å². The van der Waals surface area contributed by atoms with Crippen LogP contribution in [0.2, 0.25) is 0 Å². The number of carboxylic acids is 1. The third-order valence-electron chi connectivity index (χ3n) is 4.29. The molecule has 26 heavy (non-hydrogen) atoms. The Labute approximate surface area is 150 Å². The molecule has 1 aliphatic rings. The molecule has 0 spiro atoms. The van der Waals surface area contributed by atoms with Crippen molar-refractivity contribution in [3.8, 4) is 11.5 Å². The fourth-order valence-electron chi connectivity index (χ4n) is 2.89. The Morgan fingerprint density at radius 3 is 2.50 bits per heavy atom. The minimum absolute atomic E-state index is 0.0863. The number of aromatic hydroxyl groups is 1. The van der Waals surface area contributed by atoms with Gasteiger partial charge in [0.15, 0.2) is 0 Å². The fraction of sp³-hybridized carbons (Fsp3) is 0.263. The zero-order valence-electron chi connectivity index (χ0n) is 14.0. The van der Waals surface area contributed by atoms with Crippen LogP contribution in [-0.4, -0.2) is 52.2 Å². The van der Waals surface area contributed by atoms with Crippen LogP contribution in [0.4, 0.5) is 0 Å². The molecule has 7 nitrogen and oxygen atoms in total. The number of nitrogens with zero attached hydrogens (tertiary/aromatic N) is 1. The summed E-state index contributed by atoms with van der Waals surface area (Å²) in [6.07, 6.45) is 0.125. The lowest BCUT2D eigenvalue weighted by Crippen LogP contribution is -2.60. The number of hydrogen-bond donors (Lipinski definition) is 3. The van der Waals surface area contributed by atoms with Crippen LogP contribution in [0.25, 0.3) is 0 Å². The second kappa shape index (κ2) is 7.45. The van der Waals surface area contributed by atoms with Crippen molar-refractivity contribution in [1.29, 1.82) is 0 Å².